The zero-order valence-electron chi connectivity index (χ0n) is 13.3. The van der Waals surface area contributed by atoms with Gasteiger partial charge in [-0.2, -0.15) is 0 Å². The zero-order chi connectivity index (χ0) is 16.5. The Balaban J connectivity index is 0.00000288. The number of nitrogens with zero attached hydrogens (tertiary/aromatic N) is 3. The summed E-state index contributed by atoms with van der Waals surface area (Å²) >= 11 is 11.9. The Labute approximate surface area is 169 Å². The van der Waals surface area contributed by atoms with Crippen LogP contribution >= 0.6 is 47.2 Å². The number of hydrogen-bond donors (Lipinski definition) is 3. The first-order valence-electron chi connectivity index (χ1n) is 7.29. The summed E-state index contributed by atoms with van der Waals surface area (Å²) in [4.78, 5) is 8.32. The minimum atomic E-state index is 0. The highest BCUT2D eigenvalue weighted by molar-refractivity contribution is 14.0. The molecule has 0 saturated heterocycles. The van der Waals surface area contributed by atoms with Crippen LogP contribution in [0.25, 0.3) is 0 Å². The molecule has 0 bridgehead atoms. The van der Waals surface area contributed by atoms with Crippen molar-refractivity contribution in [3.05, 3.63) is 46.8 Å². The molecule has 0 amide bonds. The third-order valence-electron chi connectivity index (χ3n) is 3.07. The van der Waals surface area contributed by atoms with Crippen LogP contribution in [-0.2, 0) is 6.54 Å². The van der Waals surface area contributed by atoms with E-state index < -0.39 is 0 Å². The number of rotatable bonds is 7. The molecule has 0 radical (unpaired) electrons. The highest BCUT2D eigenvalue weighted by Crippen LogP contribution is 2.21. The molecule has 2 aromatic rings. The van der Waals surface area contributed by atoms with E-state index in [0.29, 0.717) is 29.0 Å². The van der Waals surface area contributed by atoms with Crippen LogP contribution in [0.1, 0.15) is 0 Å². The van der Waals surface area contributed by atoms with Crippen molar-refractivity contribution in [2.75, 3.05) is 32.0 Å². The molecule has 0 aliphatic carbocycles. The van der Waals surface area contributed by atoms with E-state index in [-0.39, 0.29) is 24.0 Å². The molecule has 2 aromatic heterocycles. The lowest BCUT2D eigenvalue weighted by Crippen LogP contribution is -2.40. The Kier molecular flexibility index (Phi) is 9.89. The summed E-state index contributed by atoms with van der Waals surface area (Å²) in [5.41, 5.74) is 0. The number of hydrogen-bond acceptors (Lipinski definition) is 3. The average molecular weight is 483 g/mol. The van der Waals surface area contributed by atoms with Crippen molar-refractivity contribution < 1.29 is 0 Å². The van der Waals surface area contributed by atoms with Crippen LogP contribution in [0.3, 0.4) is 0 Å². The number of nitrogens with one attached hydrogen (secondary N) is 3. The van der Waals surface area contributed by atoms with Gasteiger partial charge in [-0.1, -0.05) is 23.2 Å². The fourth-order valence-corrected chi connectivity index (χ4v) is 2.40. The van der Waals surface area contributed by atoms with Gasteiger partial charge in [-0.3, -0.25) is 4.99 Å². The van der Waals surface area contributed by atoms with Gasteiger partial charge in [-0.25, -0.2) is 4.98 Å². The summed E-state index contributed by atoms with van der Waals surface area (Å²) in [5.74, 6) is 1.38. The fraction of sp³-hybridized carbons (Fsp3) is 0.333. The van der Waals surface area contributed by atoms with E-state index >= 15 is 0 Å². The molecule has 2 heterocycles. The van der Waals surface area contributed by atoms with E-state index in [1.54, 1.807) is 19.3 Å². The van der Waals surface area contributed by atoms with Crippen molar-refractivity contribution in [3.8, 4) is 0 Å². The molecule has 0 unspecified atom stereocenters. The van der Waals surface area contributed by atoms with E-state index in [1.807, 2.05) is 24.5 Å². The Morgan fingerprint density at radius 3 is 2.54 bits per heavy atom. The third-order valence-corrected chi connectivity index (χ3v) is 3.56. The van der Waals surface area contributed by atoms with Gasteiger partial charge in [0.2, 0.25) is 0 Å². The monoisotopic (exact) mass is 482 g/mol. The van der Waals surface area contributed by atoms with Crippen LogP contribution in [0.5, 0.6) is 0 Å². The Morgan fingerprint density at radius 1 is 1.17 bits per heavy atom. The van der Waals surface area contributed by atoms with E-state index in [4.69, 9.17) is 23.2 Å². The first-order chi connectivity index (χ1) is 11.2. The van der Waals surface area contributed by atoms with Crippen molar-refractivity contribution in [2.45, 2.75) is 6.54 Å². The highest BCUT2D eigenvalue weighted by Gasteiger charge is 2.02. The average Bonchev–Trinajstić information content (AvgIpc) is 3.04. The van der Waals surface area contributed by atoms with Gasteiger partial charge in [0.15, 0.2) is 5.96 Å². The van der Waals surface area contributed by atoms with Gasteiger partial charge >= 0.3 is 0 Å². The van der Waals surface area contributed by atoms with Gasteiger partial charge in [0.25, 0.3) is 0 Å². The maximum absolute atomic E-state index is 6.05. The largest absolute Gasteiger partial charge is 0.367 e. The molecule has 0 aliphatic heterocycles. The van der Waals surface area contributed by atoms with Gasteiger partial charge in [0.1, 0.15) is 5.82 Å². The van der Waals surface area contributed by atoms with Gasteiger partial charge in [0.05, 0.1) is 10.0 Å². The minimum absolute atomic E-state index is 0. The number of halogens is 3. The van der Waals surface area contributed by atoms with Gasteiger partial charge in [-0.05, 0) is 18.2 Å². The lowest BCUT2D eigenvalue weighted by molar-refractivity contribution is 0.666. The summed E-state index contributed by atoms with van der Waals surface area (Å²) in [7, 11) is 1.75. The number of aliphatic imine (C=N–C) groups is 1. The fourth-order valence-electron chi connectivity index (χ4n) is 1.95. The van der Waals surface area contributed by atoms with Crippen molar-refractivity contribution >= 4 is 59.0 Å². The highest BCUT2D eigenvalue weighted by atomic mass is 127. The molecule has 0 aromatic carbocycles. The lowest BCUT2D eigenvalue weighted by atomic mass is 10.4. The summed E-state index contributed by atoms with van der Waals surface area (Å²) in [6.07, 6.45) is 5.63. The summed E-state index contributed by atoms with van der Waals surface area (Å²) < 4.78 is 2.11. The van der Waals surface area contributed by atoms with Crippen molar-refractivity contribution in [3.63, 3.8) is 0 Å². The topological polar surface area (TPSA) is 66.3 Å². The quantitative estimate of drug-likeness (QED) is 0.245. The van der Waals surface area contributed by atoms with Crippen molar-refractivity contribution in [1.29, 1.82) is 0 Å². The SMILES string of the molecule is CN=C(NCCNc1ncc(Cl)cc1Cl)NCCn1cccc1.I. The molecule has 132 valence electrons. The normalized spacial score (nSPS) is 10.9. The van der Waals surface area contributed by atoms with E-state index in [1.165, 1.54) is 0 Å². The Morgan fingerprint density at radius 2 is 1.88 bits per heavy atom. The molecular formula is C15H21Cl2IN6. The van der Waals surface area contributed by atoms with Crippen LogP contribution in [0.15, 0.2) is 41.8 Å². The predicted octanol–water partition coefficient (Wildman–Crippen LogP) is 3.09. The molecule has 9 heteroatoms. The molecule has 0 fully saturated rings. The summed E-state index contributed by atoms with van der Waals surface area (Å²) in [5, 5.41) is 10.6. The van der Waals surface area contributed by atoms with Crippen LogP contribution in [0.4, 0.5) is 5.82 Å². The van der Waals surface area contributed by atoms with E-state index in [9.17, 15) is 0 Å². The van der Waals surface area contributed by atoms with Gasteiger partial charge < -0.3 is 20.5 Å². The number of guanidine groups is 1. The predicted molar refractivity (Wildman–Crippen MR) is 112 cm³/mol. The van der Waals surface area contributed by atoms with E-state index in [2.05, 4.69) is 30.5 Å². The molecule has 0 spiro atoms. The number of anilines is 1. The first kappa shape index (κ1) is 20.9. The molecular weight excluding hydrogens is 462 g/mol. The molecule has 6 nitrogen and oxygen atoms in total. The summed E-state index contributed by atoms with van der Waals surface area (Å²) in [6.45, 7) is 3.03. The van der Waals surface area contributed by atoms with Gasteiger partial charge in [0, 0.05) is 51.8 Å². The number of pyridine rings is 1. The lowest BCUT2D eigenvalue weighted by Gasteiger charge is -2.13. The number of aromatic nitrogens is 2. The standard InChI is InChI=1S/C15H20Cl2N6.HI/c1-18-15(21-6-9-23-7-2-3-8-23)20-5-4-19-14-13(17)10-12(16)11-22-14;/h2-3,7-8,10-11H,4-6,9H2,1H3,(H,19,22)(H2,18,20,21);1H. The Hall–Kier alpha value is -1.19. The minimum Gasteiger partial charge on any atom is -0.367 e. The van der Waals surface area contributed by atoms with Crippen LogP contribution in [0, 0.1) is 0 Å². The second kappa shape index (κ2) is 11.4. The molecule has 0 saturated carbocycles. The van der Waals surface area contributed by atoms with Crippen LogP contribution in [-0.4, -0.2) is 42.2 Å². The molecule has 0 atom stereocenters. The van der Waals surface area contributed by atoms with Crippen molar-refractivity contribution in [2.24, 2.45) is 4.99 Å². The molecule has 24 heavy (non-hydrogen) atoms. The molecule has 2 rings (SSSR count). The summed E-state index contributed by atoms with van der Waals surface area (Å²) in [6, 6.07) is 5.68. The third kappa shape index (κ3) is 7.14. The van der Waals surface area contributed by atoms with Crippen LogP contribution < -0.4 is 16.0 Å². The second-order valence-electron chi connectivity index (χ2n) is 4.76. The van der Waals surface area contributed by atoms with Gasteiger partial charge in [-0.15, -0.1) is 24.0 Å². The maximum atomic E-state index is 6.05. The maximum Gasteiger partial charge on any atom is 0.191 e. The first-order valence-corrected chi connectivity index (χ1v) is 8.05. The second-order valence-corrected chi connectivity index (χ2v) is 5.60. The van der Waals surface area contributed by atoms with Crippen molar-refractivity contribution in [1.82, 2.24) is 20.2 Å². The Bertz CT molecular complexity index is 633. The zero-order valence-corrected chi connectivity index (χ0v) is 17.1. The van der Waals surface area contributed by atoms with Crippen LogP contribution in [0.2, 0.25) is 10.0 Å². The molecule has 3 N–H and O–H groups in total. The molecule has 0 aliphatic rings. The van der Waals surface area contributed by atoms with E-state index in [0.717, 1.165) is 19.0 Å². The smallest absolute Gasteiger partial charge is 0.191 e.